The number of carbonyl (C=O) groups excluding carboxylic acids is 1. The second kappa shape index (κ2) is 9.39. The molecule has 2 aliphatic rings. The third-order valence-corrected chi connectivity index (χ3v) is 5.70. The van der Waals surface area contributed by atoms with E-state index in [1.165, 1.54) is 12.8 Å². The van der Waals surface area contributed by atoms with Gasteiger partial charge in [0.2, 0.25) is 23.8 Å². The van der Waals surface area contributed by atoms with Crippen molar-refractivity contribution in [3.05, 3.63) is 0 Å². The summed E-state index contributed by atoms with van der Waals surface area (Å²) in [5.41, 5.74) is 0. The summed E-state index contributed by atoms with van der Waals surface area (Å²) in [5.74, 6) is 2.34. The van der Waals surface area contributed by atoms with E-state index in [1.807, 2.05) is 18.7 Å². The average molecular weight is 390 g/mol. The number of nitrogens with one attached hydrogen (secondary N) is 1. The minimum Gasteiger partial charge on any atom is -0.351 e. The average Bonchev–Trinajstić information content (AvgIpc) is 3.53. The Balaban J connectivity index is 1.81. The molecule has 2 fully saturated rings. The Labute approximate surface area is 168 Å². The number of carbonyl (C=O) groups is 1. The first-order valence-electron chi connectivity index (χ1n) is 10.9. The Morgan fingerprint density at radius 2 is 1.75 bits per heavy atom. The zero-order valence-electron chi connectivity index (χ0n) is 17.8. The fraction of sp³-hybridized carbons (Fsp3) is 0.800. The van der Waals surface area contributed by atoms with Crippen LogP contribution in [0.15, 0.2) is 0 Å². The van der Waals surface area contributed by atoms with Crippen molar-refractivity contribution in [2.24, 2.45) is 5.92 Å². The van der Waals surface area contributed by atoms with Crippen LogP contribution in [0.3, 0.4) is 0 Å². The molecule has 1 saturated carbocycles. The van der Waals surface area contributed by atoms with E-state index in [-0.39, 0.29) is 11.8 Å². The molecule has 28 heavy (non-hydrogen) atoms. The standard InChI is InChI=1S/C20H35N7O/c1-5-25(6-2)17(28)15-10-9-13-27(14-15)20-23-18(21-16-11-12-16)22-19(24-20)26(7-3)8-4/h15-16H,5-14H2,1-4H3,(H,21,22,23,24). The molecule has 3 rings (SSSR count). The molecule has 0 aromatic carbocycles. The fourth-order valence-electron chi connectivity index (χ4n) is 3.77. The number of amides is 1. The lowest BCUT2D eigenvalue weighted by Crippen LogP contribution is -2.45. The summed E-state index contributed by atoms with van der Waals surface area (Å²) in [7, 11) is 0. The molecular weight excluding hydrogens is 354 g/mol. The van der Waals surface area contributed by atoms with Crippen LogP contribution in [0.4, 0.5) is 17.8 Å². The smallest absolute Gasteiger partial charge is 0.231 e. The van der Waals surface area contributed by atoms with Gasteiger partial charge in [0.1, 0.15) is 0 Å². The Bertz CT molecular complexity index is 656. The van der Waals surface area contributed by atoms with Gasteiger partial charge in [0.05, 0.1) is 5.92 Å². The van der Waals surface area contributed by atoms with Gasteiger partial charge >= 0.3 is 0 Å². The second-order valence-corrected chi connectivity index (χ2v) is 7.65. The topological polar surface area (TPSA) is 77.5 Å². The normalized spacial score (nSPS) is 19.4. The van der Waals surface area contributed by atoms with E-state index >= 15 is 0 Å². The van der Waals surface area contributed by atoms with Gasteiger partial charge in [-0.3, -0.25) is 4.79 Å². The molecular formula is C20H35N7O. The maximum absolute atomic E-state index is 12.9. The van der Waals surface area contributed by atoms with E-state index in [0.717, 1.165) is 51.5 Å². The summed E-state index contributed by atoms with van der Waals surface area (Å²) in [6.45, 7) is 13.1. The quantitative estimate of drug-likeness (QED) is 0.695. The zero-order valence-corrected chi connectivity index (χ0v) is 17.8. The van der Waals surface area contributed by atoms with E-state index in [9.17, 15) is 4.79 Å². The van der Waals surface area contributed by atoms with Gasteiger partial charge in [-0.05, 0) is 53.4 Å². The lowest BCUT2D eigenvalue weighted by Gasteiger charge is -2.35. The Morgan fingerprint density at radius 3 is 2.36 bits per heavy atom. The molecule has 0 bridgehead atoms. The highest BCUT2D eigenvalue weighted by molar-refractivity contribution is 5.79. The molecule has 0 spiro atoms. The van der Waals surface area contributed by atoms with Gasteiger partial charge in [0, 0.05) is 45.3 Å². The number of hydrogen-bond acceptors (Lipinski definition) is 7. The van der Waals surface area contributed by atoms with E-state index in [4.69, 9.17) is 9.97 Å². The summed E-state index contributed by atoms with van der Waals surface area (Å²) < 4.78 is 0. The van der Waals surface area contributed by atoms with Crippen LogP contribution in [0.5, 0.6) is 0 Å². The van der Waals surface area contributed by atoms with E-state index in [2.05, 4.69) is 33.9 Å². The van der Waals surface area contributed by atoms with Gasteiger partial charge in [-0.25, -0.2) is 0 Å². The maximum atomic E-state index is 12.9. The molecule has 2 heterocycles. The van der Waals surface area contributed by atoms with Crippen LogP contribution in [-0.4, -0.2) is 71.1 Å². The summed E-state index contributed by atoms with van der Waals surface area (Å²) in [5, 5.41) is 3.42. The maximum Gasteiger partial charge on any atom is 0.231 e. The molecule has 1 saturated heterocycles. The van der Waals surface area contributed by atoms with Gasteiger partial charge in [-0.1, -0.05) is 0 Å². The first kappa shape index (κ1) is 20.6. The molecule has 8 nitrogen and oxygen atoms in total. The van der Waals surface area contributed by atoms with Crippen molar-refractivity contribution in [2.45, 2.75) is 59.4 Å². The lowest BCUT2D eigenvalue weighted by atomic mass is 9.96. The van der Waals surface area contributed by atoms with Gasteiger partial charge in [-0.15, -0.1) is 0 Å². The van der Waals surface area contributed by atoms with Crippen LogP contribution in [0.25, 0.3) is 0 Å². The van der Waals surface area contributed by atoms with Gasteiger partial charge in [0.15, 0.2) is 0 Å². The Morgan fingerprint density at radius 1 is 1.04 bits per heavy atom. The predicted molar refractivity (Wildman–Crippen MR) is 113 cm³/mol. The van der Waals surface area contributed by atoms with Crippen molar-refractivity contribution in [3.63, 3.8) is 0 Å². The first-order valence-corrected chi connectivity index (χ1v) is 10.9. The monoisotopic (exact) mass is 389 g/mol. The van der Waals surface area contributed by atoms with Crippen LogP contribution < -0.4 is 15.1 Å². The first-order chi connectivity index (χ1) is 13.6. The van der Waals surface area contributed by atoms with Crippen LogP contribution in [0, 0.1) is 5.92 Å². The zero-order chi connectivity index (χ0) is 20.1. The third-order valence-electron chi connectivity index (χ3n) is 5.70. The van der Waals surface area contributed by atoms with Gasteiger partial charge < -0.3 is 20.0 Å². The third kappa shape index (κ3) is 4.83. The Kier molecular flexibility index (Phi) is 6.91. The predicted octanol–water partition coefficient (Wildman–Crippen LogP) is 2.38. The lowest BCUT2D eigenvalue weighted by molar-refractivity contribution is -0.135. The molecule has 1 amide bonds. The second-order valence-electron chi connectivity index (χ2n) is 7.65. The SMILES string of the molecule is CCN(CC)C(=O)C1CCCN(c2nc(NC3CC3)nc(N(CC)CC)n2)C1. The largest absolute Gasteiger partial charge is 0.351 e. The van der Waals surface area contributed by atoms with Crippen molar-refractivity contribution >= 4 is 23.8 Å². The minimum atomic E-state index is 0.0159. The summed E-state index contributed by atoms with van der Waals surface area (Å²) in [6.07, 6.45) is 4.26. The molecule has 1 aliphatic heterocycles. The van der Waals surface area contributed by atoms with Crippen LogP contribution in [0.1, 0.15) is 53.4 Å². The summed E-state index contributed by atoms with van der Waals surface area (Å²) in [6, 6.07) is 0.484. The summed E-state index contributed by atoms with van der Waals surface area (Å²) >= 11 is 0. The number of piperidine rings is 1. The van der Waals surface area contributed by atoms with Crippen molar-refractivity contribution in [1.82, 2.24) is 19.9 Å². The molecule has 8 heteroatoms. The Hall–Kier alpha value is -2.12. The number of hydrogen-bond donors (Lipinski definition) is 1. The highest BCUT2D eigenvalue weighted by atomic mass is 16.2. The van der Waals surface area contributed by atoms with E-state index < -0.39 is 0 Å². The highest BCUT2D eigenvalue weighted by Crippen LogP contribution is 2.27. The van der Waals surface area contributed by atoms with Crippen molar-refractivity contribution < 1.29 is 4.79 Å². The molecule has 1 N–H and O–H groups in total. The number of anilines is 3. The van der Waals surface area contributed by atoms with E-state index in [0.29, 0.717) is 24.5 Å². The van der Waals surface area contributed by atoms with Crippen LogP contribution in [0.2, 0.25) is 0 Å². The van der Waals surface area contributed by atoms with Crippen molar-refractivity contribution in [3.8, 4) is 0 Å². The van der Waals surface area contributed by atoms with Crippen molar-refractivity contribution in [2.75, 3.05) is 54.4 Å². The molecule has 1 aliphatic carbocycles. The summed E-state index contributed by atoms with van der Waals surface area (Å²) in [4.78, 5) is 33.2. The van der Waals surface area contributed by atoms with Gasteiger partial charge in [0.25, 0.3) is 0 Å². The molecule has 1 aromatic rings. The fourth-order valence-corrected chi connectivity index (χ4v) is 3.77. The van der Waals surface area contributed by atoms with Gasteiger partial charge in [-0.2, -0.15) is 15.0 Å². The van der Waals surface area contributed by atoms with Crippen LogP contribution >= 0.6 is 0 Å². The molecule has 0 radical (unpaired) electrons. The number of rotatable bonds is 9. The number of nitrogens with zero attached hydrogens (tertiary/aromatic N) is 6. The van der Waals surface area contributed by atoms with E-state index in [1.54, 1.807) is 0 Å². The minimum absolute atomic E-state index is 0.0159. The molecule has 156 valence electrons. The molecule has 1 aromatic heterocycles. The van der Waals surface area contributed by atoms with Crippen molar-refractivity contribution in [1.29, 1.82) is 0 Å². The molecule has 1 unspecified atom stereocenters. The molecule has 1 atom stereocenters. The highest BCUT2D eigenvalue weighted by Gasteiger charge is 2.30. The number of aromatic nitrogens is 3. The van der Waals surface area contributed by atoms with Crippen LogP contribution in [-0.2, 0) is 4.79 Å².